The minimum atomic E-state index is -3.64. The van der Waals surface area contributed by atoms with Gasteiger partial charge in [-0.2, -0.15) is 0 Å². The first-order valence-electron chi connectivity index (χ1n) is 10.2. The molecule has 0 aromatic heterocycles. The molecule has 0 aliphatic carbocycles. The maximum Gasteiger partial charge on any atom is 0.238 e. The molecule has 5 nitrogen and oxygen atoms in total. The summed E-state index contributed by atoms with van der Waals surface area (Å²) >= 11 is 0. The van der Waals surface area contributed by atoms with E-state index in [0.29, 0.717) is 0 Å². The summed E-state index contributed by atoms with van der Waals surface area (Å²) in [6, 6.07) is 11.5. The maximum absolute atomic E-state index is 11.4. The van der Waals surface area contributed by atoms with Crippen LogP contribution in [0, 0.1) is 13.8 Å². The third-order valence-electron chi connectivity index (χ3n) is 5.85. The van der Waals surface area contributed by atoms with Crippen LogP contribution in [0.15, 0.2) is 41.3 Å². The molecule has 2 N–H and O–H groups in total. The molecule has 1 aliphatic rings. The van der Waals surface area contributed by atoms with Crippen molar-refractivity contribution in [3.63, 3.8) is 0 Å². The average molecular weight is 416 g/mol. The molecule has 0 radical (unpaired) electrons. The number of rotatable bonds is 4. The molecule has 2 aromatic rings. The number of sulfonamides is 1. The van der Waals surface area contributed by atoms with Crippen molar-refractivity contribution in [2.24, 2.45) is 5.14 Å². The van der Waals surface area contributed by atoms with Gasteiger partial charge in [0.05, 0.1) is 4.90 Å². The summed E-state index contributed by atoms with van der Waals surface area (Å²) in [5.74, 6) is 0. The molecule has 6 heteroatoms. The Hall–Kier alpha value is -1.89. The molecule has 29 heavy (non-hydrogen) atoms. The largest absolute Gasteiger partial charge is 0.369 e. The second-order valence-electron chi connectivity index (χ2n) is 9.14. The Balaban J connectivity index is 1.64. The standard InChI is InChI=1S/C23H33N3O2S/c1-17-14-19(23(3,4)5)15-18(2)22(17)16-25-10-12-26(13-11-25)20-6-8-21(9-7-20)29(24,27)28/h6-9,14-15H,10-13,16H2,1-5H3,(H2,24,27,28). The molecule has 1 saturated heterocycles. The fourth-order valence-corrected chi connectivity index (χ4v) is 4.43. The van der Waals surface area contributed by atoms with Crippen molar-refractivity contribution < 1.29 is 8.42 Å². The third-order valence-corrected chi connectivity index (χ3v) is 6.78. The van der Waals surface area contributed by atoms with Gasteiger partial charge in [0.1, 0.15) is 0 Å². The Bertz CT molecular complexity index is 945. The van der Waals surface area contributed by atoms with E-state index in [4.69, 9.17) is 5.14 Å². The average Bonchev–Trinajstić information content (AvgIpc) is 2.64. The van der Waals surface area contributed by atoms with Gasteiger partial charge in [0, 0.05) is 38.4 Å². The maximum atomic E-state index is 11.4. The molecular weight excluding hydrogens is 382 g/mol. The van der Waals surface area contributed by atoms with Crippen LogP contribution >= 0.6 is 0 Å². The summed E-state index contributed by atoms with van der Waals surface area (Å²) in [5, 5.41) is 5.19. The van der Waals surface area contributed by atoms with Crippen LogP contribution in [0.2, 0.25) is 0 Å². The van der Waals surface area contributed by atoms with Crippen molar-refractivity contribution in [3.8, 4) is 0 Å². The summed E-state index contributed by atoms with van der Waals surface area (Å²) < 4.78 is 22.9. The first-order valence-corrected chi connectivity index (χ1v) is 11.7. The Morgan fingerprint density at radius 1 is 0.931 bits per heavy atom. The second kappa shape index (κ2) is 8.09. The van der Waals surface area contributed by atoms with Crippen LogP contribution in [0.3, 0.4) is 0 Å². The Kier molecular flexibility index (Phi) is 6.08. The quantitative estimate of drug-likeness (QED) is 0.829. The van der Waals surface area contributed by atoms with Crippen molar-refractivity contribution in [3.05, 3.63) is 58.7 Å². The number of anilines is 1. The van der Waals surface area contributed by atoms with Gasteiger partial charge in [-0.3, -0.25) is 4.90 Å². The number of hydrogen-bond donors (Lipinski definition) is 1. The molecule has 1 heterocycles. The van der Waals surface area contributed by atoms with Crippen molar-refractivity contribution >= 4 is 15.7 Å². The number of nitrogens with zero attached hydrogens (tertiary/aromatic N) is 2. The zero-order valence-electron chi connectivity index (χ0n) is 18.2. The van der Waals surface area contributed by atoms with Gasteiger partial charge in [-0.15, -0.1) is 0 Å². The number of aryl methyl sites for hydroxylation is 2. The highest BCUT2D eigenvalue weighted by Crippen LogP contribution is 2.28. The molecule has 1 aliphatic heterocycles. The number of nitrogens with two attached hydrogens (primary N) is 1. The first-order chi connectivity index (χ1) is 13.4. The van der Waals surface area contributed by atoms with Gasteiger partial charge in [0.2, 0.25) is 10.0 Å². The van der Waals surface area contributed by atoms with E-state index in [1.54, 1.807) is 12.1 Å². The van der Waals surface area contributed by atoms with Crippen molar-refractivity contribution in [1.82, 2.24) is 4.90 Å². The van der Waals surface area contributed by atoms with Crippen molar-refractivity contribution in [1.29, 1.82) is 0 Å². The van der Waals surface area contributed by atoms with E-state index < -0.39 is 10.0 Å². The molecule has 0 spiro atoms. The Labute approximate surface area is 175 Å². The highest BCUT2D eigenvalue weighted by atomic mass is 32.2. The van der Waals surface area contributed by atoms with Gasteiger partial charge in [-0.1, -0.05) is 32.9 Å². The Morgan fingerprint density at radius 3 is 1.90 bits per heavy atom. The molecule has 3 rings (SSSR count). The highest BCUT2D eigenvalue weighted by molar-refractivity contribution is 7.89. The van der Waals surface area contributed by atoms with Gasteiger partial charge in [-0.25, -0.2) is 13.6 Å². The smallest absolute Gasteiger partial charge is 0.238 e. The highest BCUT2D eigenvalue weighted by Gasteiger charge is 2.21. The predicted octanol–water partition coefficient (Wildman–Crippen LogP) is 3.57. The minimum absolute atomic E-state index is 0.157. The van der Waals surface area contributed by atoms with Crippen LogP contribution < -0.4 is 10.0 Å². The summed E-state index contributed by atoms with van der Waals surface area (Å²) in [4.78, 5) is 4.96. The topological polar surface area (TPSA) is 66.6 Å². The predicted molar refractivity (Wildman–Crippen MR) is 120 cm³/mol. The molecular formula is C23H33N3O2S. The van der Waals surface area contributed by atoms with Gasteiger partial charge in [0.25, 0.3) is 0 Å². The lowest BCUT2D eigenvalue weighted by atomic mass is 9.83. The SMILES string of the molecule is Cc1cc(C(C)(C)C)cc(C)c1CN1CCN(c2ccc(S(N)(=O)=O)cc2)CC1. The zero-order chi connectivity index (χ0) is 21.4. The van der Waals surface area contributed by atoms with Crippen LogP contribution in [0.1, 0.15) is 43.0 Å². The first kappa shape index (κ1) is 21.8. The van der Waals surface area contributed by atoms with E-state index in [0.717, 1.165) is 38.4 Å². The summed E-state index contributed by atoms with van der Waals surface area (Å²) in [6.45, 7) is 16.0. The fraction of sp³-hybridized carbons (Fsp3) is 0.478. The summed E-state index contributed by atoms with van der Waals surface area (Å²) in [6.07, 6.45) is 0. The van der Waals surface area contributed by atoms with Gasteiger partial charge in [-0.05, 0) is 65.8 Å². The normalized spacial score (nSPS) is 16.3. The second-order valence-corrected chi connectivity index (χ2v) is 10.7. The van der Waals surface area contributed by atoms with Crippen LogP contribution in [0.25, 0.3) is 0 Å². The van der Waals surface area contributed by atoms with Crippen LogP contribution in [0.4, 0.5) is 5.69 Å². The molecule has 0 unspecified atom stereocenters. The molecule has 2 aromatic carbocycles. The third kappa shape index (κ3) is 5.18. The lowest BCUT2D eigenvalue weighted by molar-refractivity contribution is 0.249. The molecule has 0 saturated carbocycles. The van der Waals surface area contributed by atoms with E-state index in [9.17, 15) is 8.42 Å². The summed E-state index contributed by atoms with van der Waals surface area (Å²) in [7, 11) is -3.64. The molecule has 0 bridgehead atoms. The summed E-state index contributed by atoms with van der Waals surface area (Å²) in [5.41, 5.74) is 6.78. The number of benzene rings is 2. The van der Waals surface area contributed by atoms with Crippen LogP contribution in [-0.4, -0.2) is 39.5 Å². The van der Waals surface area contributed by atoms with E-state index >= 15 is 0 Å². The van der Waals surface area contributed by atoms with Gasteiger partial charge in [0.15, 0.2) is 0 Å². The van der Waals surface area contributed by atoms with E-state index in [2.05, 4.69) is 56.6 Å². The van der Waals surface area contributed by atoms with Crippen molar-refractivity contribution in [2.45, 2.75) is 51.5 Å². The molecule has 1 fully saturated rings. The lowest BCUT2D eigenvalue weighted by Gasteiger charge is -2.36. The lowest BCUT2D eigenvalue weighted by Crippen LogP contribution is -2.46. The monoisotopic (exact) mass is 415 g/mol. The van der Waals surface area contributed by atoms with Crippen molar-refractivity contribution in [2.75, 3.05) is 31.1 Å². The minimum Gasteiger partial charge on any atom is -0.369 e. The van der Waals surface area contributed by atoms with Gasteiger partial charge >= 0.3 is 0 Å². The Morgan fingerprint density at radius 2 is 1.45 bits per heavy atom. The zero-order valence-corrected chi connectivity index (χ0v) is 19.0. The van der Waals surface area contributed by atoms with E-state index in [1.165, 1.54) is 22.3 Å². The van der Waals surface area contributed by atoms with Crippen LogP contribution in [-0.2, 0) is 22.0 Å². The fourth-order valence-electron chi connectivity index (χ4n) is 3.91. The molecule has 158 valence electrons. The van der Waals surface area contributed by atoms with E-state index in [-0.39, 0.29) is 10.3 Å². The van der Waals surface area contributed by atoms with E-state index in [1.807, 2.05) is 12.1 Å². The number of primary sulfonamides is 1. The molecule has 0 atom stereocenters. The molecule has 0 amide bonds. The number of hydrogen-bond acceptors (Lipinski definition) is 4. The number of piperazine rings is 1. The van der Waals surface area contributed by atoms with Crippen LogP contribution in [0.5, 0.6) is 0 Å². The van der Waals surface area contributed by atoms with Gasteiger partial charge < -0.3 is 4.90 Å².